The fourth-order valence-corrected chi connectivity index (χ4v) is 4.37. The van der Waals surface area contributed by atoms with Gasteiger partial charge in [0.15, 0.2) is 0 Å². The third kappa shape index (κ3) is 3.81. The highest BCUT2D eigenvalue weighted by atomic mass is 15.1. The van der Waals surface area contributed by atoms with Gasteiger partial charge in [-0.15, -0.1) is 0 Å². The first-order chi connectivity index (χ1) is 15.2. The van der Waals surface area contributed by atoms with Crippen LogP contribution in [0.2, 0.25) is 0 Å². The maximum absolute atomic E-state index is 4.72. The normalized spacial score (nSPS) is 20.7. The molecular weight excluding hydrogens is 380 g/mol. The Labute approximate surface area is 183 Å². The molecule has 0 amide bonds. The molecule has 4 heteroatoms. The van der Waals surface area contributed by atoms with Gasteiger partial charge < -0.3 is 4.90 Å². The van der Waals surface area contributed by atoms with Crippen LogP contribution >= 0.6 is 0 Å². The summed E-state index contributed by atoms with van der Waals surface area (Å²) in [4.78, 5) is 15.6. The lowest BCUT2D eigenvalue weighted by Crippen LogP contribution is -2.20. The number of aromatic nitrogens is 1. The predicted octanol–water partition coefficient (Wildman–Crippen LogP) is 6.53. The molecule has 3 aromatic rings. The third-order valence-corrected chi connectivity index (χ3v) is 6.07. The molecule has 2 aromatic carbocycles. The Kier molecular flexibility index (Phi) is 5.21. The van der Waals surface area contributed by atoms with E-state index in [0.29, 0.717) is 12.5 Å². The first kappa shape index (κ1) is 19.4. The second-order valence-electron chi connectivity index (χ2n) is 8.26. The van der Waals surface area contributed by atoms with E-state index in [1.807, 2.05) is 30.7 Å². The average molecular weight is 407 g/mol. The van der Waals surface area contributed by atoms with Crippen molar-refractivity contribution in [3.63, 3.8) is 0 Å². The minimum Gasteiger partial charge on any atom is -0.335 e. The van der Waals surface area contributed by atoms with Crippen molar-refractivity contribution in [3.05, 3.63) is 84.2 Å². The molecule has 1 aliphatic heterocycles. The van der Waals surface area contributed by atoms with E-state index in [1.165, 1.54) is 33.2 Å². The molecular formula is C27H26N4. The van der Waals surface area contributed by atoms with Crippen LogP contribution in [0.4, 0.5) is 11.4 Å². The molecule has 0 fully saturated rings. The van der Waals surface area contributed by atoms with Crippen LogP contribution in [0.25, 0.3) is 16.3 Å². The Bertz CT molecular complexity index is 1220. The minimum atomic E-state index is 0.00485. The van der Waals surface area contributed by atoms with Gasteiger partial charge in [-0.2, -0.15) is 0 Å². The molecule has 0 N–H and O–H groups in total. The number of aliphatic imine (C=N–C) groups is 2. The number of benzene rings is 2. The number of hydrogen-bond donors (Lipinski definition) is 0. The fourth-order valence-electron chi connectivity index (χ4n) is 4.37. The molecule has 0 spiro atoms. The largest absolute Gasteiger partial charge is 0.335 e. The highest BCUT2D eigenvalue weighted by Gasteiger charge is 2.19. The van der Waals surface area contributed by atoms with Crippen LogP contribution in [0.5, 0.6) is 0 Å². The van der Waals surface area contributed by atoms with E-state index < -0.39 is 0 Å². The van der Waals surface area contributed by atoms with E-state index >= 15 is 0 Å². The van der Waals surface area contributed by atoms with E-state index in [0.717, 1.165) is 12.1 Å². The molecule has 1 aromatic heterocycles. The van der Waals surface area contributed by atoms with E-state index in [9.17, 15) is 0 Å². The Morgan fingerprint density at radius 2 is 1.90 bits per heavy atom. The van der Waals surface area contributed by atoms with Crippen LogP contribution < -0.4 is 4.90 Å². The van der Waals surface area contributed by atoms with Gasteiger partial charge in [0.25, 0.3) is 0 Å². The Balaban J connectivity index is 1.75. The van der Waals surface area contributed by atoms with E-state index in [4.69, 9.17) is 4.99 Å². The Morgan fingerprint density at radius 1 is 1.03 bits per heavy atom. The average Bonchev–Trinajstić information content (AvgIpc) is 2.81. The van der Waals surface area contributed by atoms with Gasteiger partial charge in [0.05, 0.1) is 12.6 Å². The third-order valence-electron chi connectivity index (χ3n) is 6.07. The molecule has 0 radical (unpaired) electrons. The standard InChI is InChI=1S/C27H26N4/c1-19-6-8-21(9-7-19)23-16-22-4-3-5-26-27(22)25(17-23)20(2)30-18-29-14-15-31(26)24-10-12-28-13-11-24/h3-6,8-14,16-20H,7,15H2,1-2H3. The second-order valence-corrected chi connectivity index (χ2v) is 8.26. The molecule has 2 unspecified atom stereocenters. The van der Waals surface area contributed by atoms with Crippen molar-refractivity contribution >= 4 is 40.3 Å². The van der Waals surface area contributed by atoms with Gasteiger partial charge in [0.1, 0.15) is 6.34 Å². The molecule has 2 aliphatic rings. The molecule has 154 valence electrons. The molecule has 2 atom stereocenters. The number of anilines is 2. The monoisotopic (exact) mass is 406 g/mol. The SMILES string of the molecule is CC1C=CC(c2cc3c4c(cccc4c2)N(c2ccncc2)CC=NC=NC3C)=CC1. The lowest BCUT2D eigenvalue weighted by molar-refractivity contribution is 0.739. The molecule has 31 heavy (non-hydrogen) atoms. The van der Waals surface area contributed by atoms with Crippen molar-refractivity contribution in [2.24, 2.45) is 15.9 Å². The van der Waals surface area contributed by atoms with Crippen LogP contribution in [0.1, 0.15) is 37.4 Å². The summed E-state index contributed by atoms with van der Waals surface area (Å²) in [6, 6.07) is 15.3. The zero-order valence-electron chi connectivity index (χ0n) is 17.9. The molecule has 1 aliphatic carbocycles. The fraction of sp³-hybridized carbons (Fsp3) is 0.222. The van der Waals surface area contributed by atoms with Crippen molar-refractivity contribution in [3.8, 4) is 0 Å². The number of rotatable bonds is 2. The van der Waals surface area contributed by atoms with Gasteiger partial charge in [-0.1, -0.05) is 37.3 Å². The molecule has 0 saturated heterocycles. The summed E-state index contributed by atoms with van der Waals surface area (Å²) in [6.45, 7) is 5.06. The number of pyridine rings is 1. The summed E-state index contributed by atoms with van der Waals surface area (Å²) in [5.74, 6) is 0.600. The molecule has 2 heterocycles. The summed E-state index contributed by atoms with van der Waals surface area (Å²) >= 11 is 0. The van der Waals surface area contributed by atoms with Crippen LogP contribution in [0.3, 0.4) is 0 Å². The van der Waals surface area contributed by atoms with E-state index in [1.54, 1.807) is 6.34 Å². The van der Waals surface area contributed by atoms with Crippen LogP contribution in [0, 0.1) is 5.92 Å². The quantitative estimate of drug-likeness (QED) is 0.486. The van der Waals surface area contributed by atoms with Crippen molar-refractivity contribution in [2.45, 2.75) is 26.3 Å². The van der Waals surface area contributed by atoms with Gasteiger partial charge in [-0.25, -0.2) is 4.99 Å². The number of nitrogens with zero attached hydrogens (tertiary/aromatic N) is 4. The number of allylic oxidation sites excluding steroid dienone is 4. The minimum absolute atomic E-state index is 0.00485. The number of hydrogen-bond acceptors (Lipinski definition) is 4. The van der Waals surface area contributed by atoms with Crippen LogP contribution in [0.15, 0.2) is 83.1 Å². The van der Waals surface area contributed by atoms with Gasteiger partial charge in [0, 0.05) is 35.4 Å². The van der Waals surface area contributed by atoms with Gasteiger partial charge >= 0.3 is 0 Å². The lowest BCUT2D eigenvalue weighted by Gasteiger charge is -2.27. The van der Waals surface area contributed by atoms with Crippen molar-refractivity contribution in [1.29, 1.82) is 0 Å². The highest BCUT2D eigenvalue weighted by molar-refractivity contribution is 6.02. The van der Waals surface area contributed by atoms with Crippen molar-refractivity contribution in [2.75, 3.05) is 11.4 Å². The Morgan fingerprint density at radius 3 is 2.71 bits per heavy atom. The maximum atomic E-state index is 4.72. The zero-order valence-corrected chi connectivity index (χ0v) is 17.9. The van der Waals surface area contributed by atoms with Crippen molar-refractivity contribution < 1.29 is 0 Å². The Hall–Kier alpha value is -3.53. The van der Waals surface area contributed by atoms with Gasteiger partial charge in [-0.05, 0) is 71.7 Å². The van der Waals surface area contributed by atoms with E-state index in [-0.39, 0.29) is 6.04 Å². The smallest absolute Gasteiger partial charge is 0.110 e. The van der Waals surface area contributed by atoms with Crippen molar-refractivity contribution in [1.82, 2.24) is 4.98 Å². The highest BCUT2D eigenvalue weighted by Crippen LogP contribution is 2.39. The first-order valence-electron chi connectivity index (χ1n) is 10.9. The van der Waals surface area contributed by atoms with Gasteiger partial charge in [-0.3, -0.25) is 9.98 Å². The lowest BCUT2D eigenvalue weighted by atomic mass is 9.89. The molecule has 4 nitrogen and oxygen atoms in total. The summed E-state index contributed by atoms with van der Waals surface area (Å²) in [5, 5.41) is 2.48. The molecule has 0 bridgehead atoms. The van der Waals surface area contributed by atoms with Crippen LogP contribution in [-0.4, -0.2) is 24.1 Å². The summed E-state index contributed by atoms with van der Waals surface area (Å²) in [6.07, 6.45) is 15.3. The maximum Gasteiger partial charge on any atom is 0.110 e. The summed E-state index contributed by atoms with van der Waals surface area (Å²) in [5.41, 5.74) is 6.03. The summed E-state index contributed by atoms with van der Waals surface area (Å²) in [7, 11) is 0. The van der Waals surface area contributed by atoms with Gasteiger partial charge in [0.2, 0.25) is 0 Å². The topological polar surface area (TPSA) is 40.9 Å². The first-order valence-corrected chi connectivity index (χ1v) is 10.9. The molecule has 5 rings (SSSR count). The molecule has 0 saturated carbocycles. The predicted molar refractivity (Wildman–Crippen MR) is 131 cm³/mol. The second kappa shape index (κ2) is 8.31. The van der Waals surface area contributed by atoms with E-state index in [2.05, 4.69) is 77.3 Å². The summed E-state index contributed by atoms with van der Waals surface area (Å²) < 4.78 is 0. The van der Waals surface area contributed by atoms with Crippen LogP contribution in [-0.2, 0) is 0 Å². The zero-order chi connectivity index (χ0) is 21.2.